The fraction of sp³-hybridized carbons (Fsp3) is 0.286. The second-order valence-corrected chi connectivity index (χ2v) is 13.1. The first-order valence-corrected chi connectivity index (χ1v) is 16.5. The van der Waals surface area contributed by atoms with Gasteiger partial charge in [-0.3, -0.25) is 9.10 Å². The van der Waals surface area contributed by atoms with E-state index in [1.54, 1.807) is 37.2 Å². The Morgan fingerprint density at radius 2 is 1.36 bits per heavy atom. The average Bonchev–Trinajstić information content (AvgIpc) is 3.07. The summed E-state index contributed by atoms with van der Waals surface area (Å²) < 4.78 is 29.9. The fourth-order valence-corrected chi connectivity index (χ4v) is 6.80. The molecular weight excluding hydrogens is 570 g/mol. The predicted molar refractivity (Wildman–Crippen MR) is 181 cm³/mol. The molecule has 1 aliphatic rings. The number of piperazine rings is 1. The van der Waals surface area contributed by atoms with Crippen LogP contribution in [0.4, 0.5) is 22.7 Å². The number of para-hydroxylation sites is 2. The lowest BCUT2D eigenvalue weighted by molar-refractivity contribution is 0.0993. The zero-order valence-corrected chi connectivity index (χ0v) is 26.5. The van der Waals surface area contributed by atoms with E-state index in [0.717, 1.165) is 50.4 Å². The summed E-state index contributed by atoms with van der Waals surface area (Å²) in [5.41, 5.74) is 4.09. The van der Waals surface area contributed by atoms with Gasteiger partial charge >= 0.3 is 0 Å². The SMILES string of the molecule is CN1CCN(c2cc(NCCCc3ccccc3)c(S(=O)(=O)N(C)c3ccccc3)cc2C(=O)N(C)c2ccccc2)CC1. The molecule has 8 nitrogen and oxygen atoms in total. The number of nitrogens with zero attached hydrogens (tertiary/aromatic N) is 4. The zero-order chi connectivity index (χ0) is 31.1. The van der Waals surface area contributed by atoms with Crippen LogP contribution >= 0.6 is 0 Å². The van der Waals surface area contributed by atoms with Crippen molar-refractivity contribution in [3.8, 4) is 0 Å². The molecule has 1 amide bonds. The molecule has 1 fully saturated rings. The summed E-state index contributed by atoms with van der Waals surface area (Å²) in [5, 5.41) is 3.44. The van der Waals surface area contributed by atoms with Gasteiger partial charge in [-0.1, -0.05) is 66.7 Å². The molecule has 0 bridgehead atoms. The van der Waals surface area contributed by atoms with Gasteiger partial charge in [0.1, 0.15) is 4.90 Å². The minimum Gasteiger partial charge on any atom is -0.384 e. The van der Waals surface area contributed by atoms with Crippen molar-refractivity contribution in [3.63, 3.8) is 0 Å². The largest absolute Gasteiger partial charge is 0.384 e. The molecule has 0 aliphatic carbocycles. The van der Waals surface area contributed by atoms with Gasteiger partial charge in [0.05, 0.1) is 22.6 Å². The molecule has 230 valence electrons. The Balaban J connectivity index is 1.58. The van der Waals surface area contributed by atoms with Crippen molar-refractivity contribution in [2.24, 2.45) is 0 Å². The van der Waals surface area contributed by atoms with Crippen LogP contribution in [-0.4, -0.2) is 73.1 Å². The van der Waals surface area contributed by atoms with Gasteiger partial charge in [0.15, 0.2) is 0 Å². The van der Waals surface area contributed by atoms with Gasteiger partial charge < -0.3 is 20.0 Å². The van der Waals surface area contributed by atoms with Crippen molar-refractivity contribution in [2.45, 2.75) is 17.7 Å². The summed E-state index contributed by atoms with van der Waals surface area (Å²) in [4.78, 5) is 20.3. The van der Waals surface area contributed by atoms with E-state index < -0.39 is 10.0 Å². The highest BCUT2D eigenvalue weighted by Gasteiger charge is 2.31. The average molecular weight is 612 g/mol. The Bertz CT molecular complexity index is 1640. The van der Waals surface area contributed by atoms with Gasteiger partial charge in [-0.25, -0.2) is 8.42 Å². The first kappa shape index (κ1) is 31.1. The number of benzene rings is 4. The molecule has 9 heteroatoms. The van der Waals surface area contributed by atoms with E-state index in [1.165, 1.54) is 9.87 Å². The molecule has 5 rings (SSSR count). The highest BCUT2D eigenvalue weighted by Crippen LogP contribution is 2.36. The monoisotopic (exact) mass is 611 g/mol. The summed E-state index contributed by atoms with van der Waals surface area (Å²) in [6, 6.07) is 32.1. The van der Waals surface area contributed by atoms with Crippen molar-refractivity contribution in [1.82, 2.24) is 4.90 Å². The molecule has 0 atom stereocenters. The molecular formula is C35H41N5O3S. The lowest BCUT2D eigenvalue weighted by Crippen LogP contribution is -2.45. The highest BCUT2D eigenvalue weighted by atomic mass is 32.2. The van der Waals surface area contributed by atoms with E-state index in [2.05, 4.69) is 34.3 Å². The van der Waals surface area contributed by atoms with E-state index in [-0.39, 0.29) is 10.8 Å². The topological polar surface area (TPSA) is 76.2 Å². The maximum absolute atomic E-state index is 14.3. The van der Waals surface area contributed by atoms with Crippen LogP contribution < -0.4 is 19.4 Å². The van der Waals surface area contributed by atoms with Crippen LogP contribution in [-0.2, 0) is 16.4 Å². The van der Waals surface area contributed by atoms with Crippen LogP contribution in [0.1, 0.15) is 22.3 Å². The van der Waals surface area contributed by atoms with E-state index in [4.69, 9.17) is 0 Å². The minimum atomic E-state index is -4.04. The number of amides is 1. The number of hydrogen-bond acceptors (Lipinski definition) is 6. The third-order valence-electron chi connectivity index (χ3n) is 8.18. The van der Waals surface area contributed by atoms with Crippen LogP contribution in [0, 0.1) is 0 Å². The Morgan fingerprint density at radius 3 is 1.98 bits per heavy atom. The lowest BCUT2D eigenvalue weighted by atomic mass is 10.1. The number of carbonyl (C=O) groups excluding carboxylic acids is 1. The normalized spacial score (nSPS) is 13.8. The fourth-order valence-electron chi connectivity index (χ4n) is 5.43. The number of anilines is 4. The summed E-state index contributed by atoms with van der Waals surface area (Å²) in [5.74, 6) is -0.264. The molecule has 0 radical (unpaired) electrons. The Labute approximate surface area is 261 Å². The molecule has 0 unspecified atom stereocenters. The molecule has 0 spiro atoms. The van der Waals surface area contributed by atoms with Crippen LogP contribution in [0.25, 0.3) is 0 Å². The number of carbonyl (C=O) groups is 1. The van der Waals surface area contributed by atoms with Crippen LogP contribution in [0.2, 0.25) is 0 Å². The molecule has 0 saturated carbocycles. The smallest absolute Gasteiger partial charge is 0.266 e. The van der Waals surface area contributed by atoms with Crippen LogP contribution in [0.15, 0.2) is 108 Å². The molecule has 44 heavy (non-hydrogen) atoms. The van der Waals surface area contributed by atoms with Crippen molar-refractivity contribution >= 4 is 38.7 Å². The van der Waals surface area contributed by atoms with E-state index in [0.29, 0.717) is 23.5 Å². The highest BCUT2D eigenvalue weighted by molar-refractivity contribution is 7.93. The first-order valence-electron chi connectivity index (χ1n) is 15.0. The van der Waals surface area contributed by atoms with E-state index >= 15 is 0 Å². The Hall–Kier alpha value is -4.34. The second kappa shape index (κ2) is 14.0. The first-order chi connectivity index (χ1) is 21.3. The predicted octanol–water partition coefficient (Wildman–Crippen LogP) is 5.58. The summed E-state index contributed by atoms with van der Waals surface area (Å²) in [7, 11) is 1.32. The molecule has 4 aromatic carbocycles. The second-order valence-electron chi connectivity index (χ2n) is 11.2. The number of rotatable bonds is 11. The quantitative estimate of drug-likeness (QED) is 0.223. The summed E-state index contributed by atoms with van der Waals surface area (Å²) >= 11 is 0. The number of hydrogen-bond donors (Lipinski definition) is 1. The maximum atomic E-state index is 14.3. The number of aryl methyl sites for hydroxylation is 1. The third-order valence-corrected chi connectivity index (χ3v) is 10.0. The molecule has 1 aliphatic heterocycles. The van der Waals surface area contributed by atoms with Gasteiger partial charge in [-0.2, -0.15) is 0 Å². The molecule has 0 aromatic heterocycles. The van der Waals surface area contributed by atoms with Crippen molar-refractivity contribution in [3.05, 3.63) is 114 Å². The zero-order valence-electron chi connectivity index (χ0n) is 25.7. The number of likely N-dealkylation sites (N-methyl/N-ethyl adjacent to an activating group) is 1. The van der Waals surface area contributed by atoms with Gasteiger partial charge in [-0.05, 0) is 61.9 Å². The number of sulfonamides is 1. The van der Waals surface area contributed by atoms with Crippen molar-refractivity contribution in [1.29, 1.82) is 0 Å². The molecule has 1 saturated heterocycles. The Kier molecular flexibility index (Phi) is 9.87. The maximum Gasteiger partial charge on any atom is 0.266 e. The van der Waals surface area contributed by atoms with E-state index in [9.17, 15) is 13.2 Å². The van der Waals surface area contributed by atoms with Gasteiger partial charge in [0.25, 0.3) is 15.9 Å². The van der Waals surface area contributed by atoms with Gasteiger partial charge in [-0.15, -0.1) is 0 Å². The van der Waals surface area contributed by atoms with Gasteiger partial charge in [0.2, 0.25) is 0 Å². The van der Waals surface area contributed by atoms with E-state index in [1.807, 2.05) is 72.8 Å². The summed E-state index contributed by atoms with van der Waals surface area (Å²) in [6.07, 6.45) is 1.68. The van der Waals surface area contributed by atoms with Crippen molar-refractivity contribution in [2.75, 3.05) is 73.3 Å². The third kappa shape index (κ3) is 7.06. The summed E-state index contributed by atoms with van der Waals surface area (Å²) in [6.45, 7) is 3.73. The van der Waals surface area contributed by atoms with Gasteiger partial charge in [0, 0.05) is 52.5 Å². The van der Waals surface area contributed by atoms with Crippen molar-refractivity contribution < 1.29 is 13.2 Å². The minimum absolute atomic E-state index is 0.0752. The lowest BCUT2D eigenvalue weighted by Gasteiger charge is -2.36. The number of nitrogens with one attached hydrogen (secondary N) is 1. The van der Waals surface area contributed by atoms with Crippen LogP contribution in [0.3, 0.4) is 0 Å². The molecule has 1 N–H and O–H groups in total. The van der Waals surface area contributed by atoms with Crippen LogP contribution in [0.5, 0.6) is 0 Å². The molecule has 1 heterocycles. The molecule has 4 aromatic rings. The Morgan fingerprint density at radius 1 is 0.795 bits per heavy atom. The standard InChI is InChI=1S/C35H41N5O3S/c1-37-22-24-40(25-23-37)33-27-32(36-21-13-16-28-14-7-4-8-15-28)34(44(42,43)39(3)30-19-11-6-12-20-30)26-31(33)35(41)38(2)29-17-9-5-10-18-29/h4-12,14-15,17-20,26-27,36H,13,16,21-25H2,1-3H3.